The summed E-state index contributed by atoms with van der Waals surface area (Å²) in [7, 11) is 0. The maximum atomic E-state index is 4.40. The van der Waals surface area contributed by atoms with Crippen LogP contribution in [0.2, 0.25) is 0 Å². The van der Waals surface area contributed by atoms with Crippen molar-refractivity contribution in [2.24, 2.45) is 10.9 Å². The van der Waals surface area contributed by atoms with E-state index in [0.717, 1.165) is 25.6 Å². The molecule has 1 fully saturated rings. The van der Waals surface area contributed by atoms with Crippen molar-refractivity contribution in [1.82, 2.24) is 5.32 Å². The fraction of sp³-hybridized carbons (Fsp3) is 0.900. The third kappa shape index (κ3) is 3.86. The molecule has 1 N–H and O–H groups in total. The van der Waals surface area contributed by atoms with E-state index in [9.17, 15) is 0 Å². The van der Waals surface area contributed by atoms with Gasteiger partial charge in [0.15, 0.2) is 0 Å². The fourth-order valence-electron chi connectivity index (χ4n) is 1.28. The Morgan fingerprint density at radius 1 is 1.50 bits per heavy atom. The number of hydrogen-bond donors (Lipinski definition) is 1. The summed E-state index contributed by atoms with van der Waals surface area (Å²) in [6, 6.07) is 0. The fourth-order valence-corrected chi connectivity index (χ4v) is 1.28. The Balaban J connectivity index is 1.83. The van der Waals surface area contributed by atoms with Crippen molar-refractivity contribution in [1.29, 1.82) is 0 Å². The molecule has 12 heavy (non-hydrogen) atoms. The van der Waals surface area contributed by atoms with Crippen LogP contribution in [0, 0.1) is 5.92 Å². The van der Waals surface area contributed by atoms with E-state index in [1.165, 1.54) is 25.7 Å². The zero-order valence-corrected chi connectivity index (χ0v) is 8.05. The van der Waals surface area contributed by atoms with Gasteiger partial charge in [0.2, 0.25) is 0 Å². The summed E-state index contributed by atoms with van der Waals surface area (Å²) in [6.45, 7) is 5.33. The lowest BCUT2D eigenvalue weighted by atomic mass is 9.87. The lowest BCUT2D eigenvalue weighted by Gasteiger charge is -2.20. The van der Waals surface area contributed by atoms with Gasteiger partial charge in [-0.05, 0) is 38.3 Å². The van der Waals surface area contributed by atoms with Gasteiger partial charge in [0, 0.05) is 12.8 Å². The lowest BCUT2D eigenvalue weighted by molar-refractivity contribution is 0.420. The summed E-state index contributed by atoms with van der Waals surface area (Å²) in [5, 5.41) is 3.29. The van der Waals surface area contributed by atoms with Crippen molar-refractivity contribution in [2.75, 3.05) is 19.6 Å². The van der Waals surface area contributed by atoms with Crippen LogP contribution in [0.4, 0.5) is 0 Å². The minimum absolute atomic E-state index is 0.823. The zero-order chi connectivity index (χ0) is 8.65. The van der Waals surface area contributed by atoms with Crippen molar-refractivity contribution in [3.8, 4) is 0 Å². The van der Waals surface area contributed by atoms with Gasteiger partial charge in [-0.25, -0.2) is 0 Å². The van der Waals surface area contributed by atoms with Gasteiger partial charge in [0.05, 0.1) is 0 Å². The molecule has 0 bridgehead atoms. The second-order valence-electron chi connectivity index (χ2n) is 3.45. The second-order valence-corrected chi connectivity index (χ2v) is 3.45. The number of nitrogens with one attached hydrogen (secondary N) is 1. The summed E-state index contributed by atoms with van der Waals surface area (Å²) >= 11 is 0. The average molecular weight is 168 g/mol. The maximum Gasteiger partial charge on any atom is 0.0397 e. The molecular formula is C10H20N2. The number of nitrogens with zero attached hydrogens (tertiary/aromatic N) is 1. The minimum atomic E-state index is 0.823. The predicted molar refractivity (Wildman–Crippen MR) is 53.9 cm³/mol. The normalized spacial score (nSPS) is 18.4. The average Bonchev–Trinajstić information content (AvgIpc) is 2.00. The second kappa shape index (κ2) is 6.18. The van der Waals surface area contributed by atoms with Crippen LogP contribution >= 0.6 is 0 Å². The monoisotopic (exact) mass is 168 g/mol. The van der Waals surface area contributed by atoms with Crippen LogP contribution in [-0.2, 0) is 0 Å². The largest absolute Gasteiger partial charge is 0.317 e. The Kier molecular flexibility index (Phi) is 5.00. The SMILES string of the molecule is CCNCCC/N=C/C1CCC1. The standard InChI is InChI=1S/C10H20N2/c1-2-11-7-4-8-12-9-10-5-3-6-10/h9-11H,2-8H2,1H3/b12-9+. The molecule has 2 nitrogen and oxygen atoms in total. The Morgan fingerprint density at radius 2 is 2.33 bits per heavy atom. The molecule has 0 aromatic rings. The summed E-state index contributed by atoms with van der Waals surface area (Å²) in [4.78, 5) is 4.40. The lowest BCUT2D eigenvalue weighted by Crippen LogP contribution is -2.15. The molecule has 70 valence electrons. The molecule has 0 aromatic heterocycles. The van der Waals surface area contributed by atoms with Gasteiger partial charge < -0.3 is 5.32 Å². The van der Waals surface area contributed by atoms with Crippen LogP contribution in [0.25, 0.3) is 0 Å². The molecule has 1 saturated carbocycles. The Hall–Kier alpha value is -0.370. The first-order valence-electron chi connectivity index (χ1n) is 5.14. The summed E-state index contributed by atoms with van der Waals surface area (Å²) in [6.07, 6.45) is 7.49. The molecule has 2 heteroatoms. The van der Waals surface area contributed by atoms with Crippen LogP contribution < -0.4 is 5.32 Å². The van der Waals surface area contributed by atoms with Crippen LogP contribution in [0.3, 0.4) is 0 Å². The van der Waals surface area contributed by atoms with Gasteiger partial charge in [0.1, 0.15) is 0 Å². The zero-order valence-electron chi connectivity index (χ0n) is 8.05. The van der Waals surface area contributed by atoms with Gasteiger partial charge in [-0.1, -0.05) is 13.3 Å². The molecule has 0 spiro atoms. The minimum Gasteiger partial charge on any atom is -0.317 e. The molecule has 0 atom stereocenters. The van der Waals surface area contributed by atoms with Crippen molar-refractivity contribution in [3.63, 3.8) is 0 Å². The van der Waals surface area contributed by atoms with E-state index in [4.69, 9.17) is 0 Å². The highest BCUT2D eigenvalue weighted by Gasteiger charge is 2.13. The molecule has 0 amide bonds. The van der Waals surface area contributed by atoms with Crippen molar-refractivity contribution in [2.45, 2.75) is 32.6 Å². The molecule has 0 heterocycles. The van der Waals surface area contributed by atoms with Gasteiger partial charge in [-0.2, -0.15) is 0 Å². The molecule has 1 aliphatic carbocycles. The molecule has 0 unspecified atom stereocenters. The van der Waals surface area contributed by atoms with Crippen molar-refractivity contribution >= 4 is 6.21 Å². The highest BCUT2D eigenvalue weighted by atomic mass is 14.8. The first kappa shape index (κ1) is 9.72. The highest BCUT2D eigenvalue weighted by Crippen LogP contribution is 2.23. The Labute approximate surface area is 75.5 Å². The molecule has 0 radical (unpaired) electrons. The van der Waals surface area contributed by atoms with Crippen LogP contribution in [0.5, 0.6) is 0 Å². The van der Waals surface area contributed by atoms with E-state index in [0.29, 0.717) is 0 Å². The number of hydrogen-bond acceptors (Lipinski definition) is 2. The topological polar surface area (TPSA) is 24.4 Å². The summed E-state index contributed by atoms with van der Waals surface area (Å²) < 4.78 is 0. The molecule has 0 aliphatic heterocycles. The highest BCUT2D eigenvalue weighted by molar-refractivity contribution is 5.61. The first-order valence-corrected chi connectivity index (χ1v) is 5.14. The van der Waals surface area contributed by atoms with Gasteiger partial charge in [-0.3, -0.25) is 4.99 Å². The molecule has 1 rings (SSSR count). The van der Waals surface area contributed by atoms with Gasteiger partial charge in [-0.15, -0.1) is 0 Å². The first-order chi connectivity index (χ1) is 5.93. The molecule has 1 aliphatic rings. The maximum absolute atomic E-state index is 4.40. The molecule has 0 aromatic carbocycles. The molecular weight excluding hydrogens is 148 g/mol. The number of rotatable bonds is 6. The number of aliphatic imine (C=N–C) groups is 1. The van der Waals surface area contributed by atoms with Gasteiger partial charge >= 0.3 is 0 Å². The van der Waals surface area contributed by atoms with Crippen LogP contribution in [0.15, 0.2) is 4.99 Å². The Morgan fingerprint density at radius 3 is 2.92 bits per heavy atom. The van der Waals surface area contributed by atoms with Gasteiger partial charge in [0.25, 0.3) is 0 Å². The van der Waals surface area contributed by atoms with E-state index < -0.39 is 0 Å². The van der Waals surface area contributed by atoms with E-state index in [1.807, 2.05) is 0 Å². The van der Waals surface area contributed by atoms with E-state index >= 15 is 0 Å². The summed E-state index contributed by atoms with van der Waals surface area (Å²) in [5.74, 6) is 0.823. The van der Waals surface area contributed by atoms with E-state index in [1.54, 1.807) is 0 Å². The van der Waals surface area contributed by atoms with Crippen LogP contribution in [-0.4, -0.2) is 25.8 Å². The Bertz CT molecular complexity index is 128. The van der Waals surface area contributed by atoms with E-state index in [-0.39, 0.29) is 0 Å². The van der Waals surface area contributed by atoms with E-state index in [2.05, 4.69) is 23.4 Å². The van der Waals surface area contributed by atoms with Crippen molar-refractivity contribution in [3.05, 3.63) is 0 Å². The third-order valence-corrected chi connectivity index (χ3v) is 2.36. The predicted octanol–water partition coefficient (Wildman–Crippen LogP) is 1.86. The summed E-state index contributed by atoms with van der Waals surface area (Å²) in [5.41, 5.74) is 0. The molecule has 0 saturated heterocycles. The quantitative estimate of drug-likeness (QED) is 0.475. The van der Waals surface area contributed by atoms with Crippen molar-refractivity contribution < 1.29 is 0 Å². The van der Waals surface area contributed by atoms with Crippen LogP contribution in [0.1, 0.15) is 32.6 Å². The third-order valence-electron chi connectivity index (χ3n) is 2.36. The smallest absolute Gasteiger partial charge is 0.0397 e.